The maximum Gasteiger partial charge on any atom is 0.326 e. The molecule has 0 bridgehead atoms. The van der Waals surface area contributed by atoms with Crippen LogP contribution in [0.3, 0.4) is 0 Å². The summed E-state index contributed by atoms with van der Waals surface area (Å²) >= 11 is 13.6. The van der Waals surface area contributed by atoms with E-state index in [2.05, 4.69) is 30.3 Å². The number of piperidine rings is 1. The zero-order valence-electron chi connectivity index (χ0n) is 27.1. The van der Waals surface area contributed by atoms with Crippen molar-refractivity contribution in [3.8, 4) is 28.4 Å². The summed E-state index contributed by atoms with van der Waals surface area (Å²) in [6.45, 7) is 11.3. The molecule has 0 saturated carbocycles. The number of ether oxygens (including phenoxy) is 4. The van der Waals surface area contributed by atoms with Crippen molar-refractivity contribution < 1.29 is 23.7 Å². The Morgan fingerprint density at radius 1 is 1.00 bits per heavy atom. The first kappa shape index (κ1) is 33.4. The number of methoxy groups -OCH3 is 1. The lowest BCUT2D eigenvalue weighted by Crippen LogP contribution is -2.46. The molecular weight excluding hydrogens is 611 g/mol. The van der Waals surface area contributed by atoms with E-state index in [4.69, 9.17) is 42.1 Å². The normalized spacial score (nSPS) is 21.4. The Labute approximate surface area is 277 Å². The largest absolute Gasteiger partial charge is 0.496 e. The molecule has 9 heteroatoms. The highest BCUT2D eigenvalue weighted by molar-refractivity contribution is 6.35. The summed E-state index contributed by atoms with van der Waals surface area (Å²) in [6.07, 6.45) is 2.93. The van der Waals surface area contributed by atoms with Crippen LogP contribution in [-0.4, -0.2) is 55.9 Å². The van der Waals surface area contributed by atoms with Gasteiger partial charge in [0.1, 0.15) is 35.0 Å². The fourth-order valence-corrected chi connectivity index (χ4v) is 7.02. The van der Waals surface area contributed by atoms with Gasteiger partial charge in [-0.3, -0.25) is 10.1 Å². The van der Waals surface area contributed by atoms with Gasteiger partial charge in [-0.1, -0.05) is 53.5 Å². The zero-order chi connectivity index (χ0) is 32.4. The van der Waals surface area contributed by atoms with E-state index in [0.717, 1.165) is 40.9 Å². The lowest BCUT2D eigenvalue weighted by molar-refractivity contribution is -0.149. The first-order valence-electron chi connectivity index (χ1n) is 15.6. The number of carbonyl (C=O) groups is 1. The molecule has 3 aromatic carbocycles. The van der Waals surface area contributed by atoms with Gasteiger partial charge in [0, 0.05) is 42.6 Å². The van der Waals surface area contributed by atoms with Gasteiger partial charge >= 0.3 is 5.97 Å². The minimum Gasteiger partial charge on any atom is -0.496 e. The van der Waals surface area contributed by atoms with Gasteiger partial charge in [-0.15, -0.1) is 0 Å². The molecule has 2 unspecified atom stereocenters. The third-order valence-corrected chi connectivity index (χ3v) is 9.57. The smallest absolute Gasteiger partial charge is 0.326 e. The van der Waals surface area contributed by atoms with E-state index in [-0.39, 0.29) is 5.97 Å². The monoisotopic (exact) mass is 654 g/mol. The molecule has 1 N–H and O–H groups in total. The number of likely N-dealkylation sites (tertiary alicyclic amines) is 1. The molecule has 3 aromatic rings. The number of rotatable bonds is 11. The molecule has 2 atom stereocenters. The number of esters is 1. The van der Waals surface area contributed by atoms with Crippen molar-refractivity contribution >= 4 is 29.2 Å². The van der Waals surface area contributed by atoms with Crippen LogP contribution in [0.25, 0.3) is 11.1 Å². The molecule has 2 aliphatic rings. The van der Waals surface area contributed by atoms with E-state index in [1.54, 1.807) is 13.2 Å². The van der Waals surface area contributed by atoms with Gasteiger partial charge in [0.15, 0.2) is 0 Å². The predicted octanol–water partition coefficient (Wildman–Crippen LogP) is 7.85. The summed E-state index contributed by atoms with van der Waals surface area (Å²) in [5.74, 6) is 2.08. The minimum absolute atomic E-state index is 0.261. The maximum atomic E-state index is 12.5. The molecule has 2 aliphatic heterocycles. The highest BCUT2D eigenvalue weighted by Crippen LogP contribution is 2.39. The lowest BCUT2D eigenvalue weighted by Gasteiger charge is -2.29. The van der Waals surface area contributed by atoms with Crippen molar-refractivity contribution in [3.05, 3.63) is 75.3 Å². The Morgan fingerprint density at radius 3 is 2.47 bits per heavy atom. The highest BCUT2D eigenvalue weighted by Gasteiger charge is 2.49. The molecule has 2 fully saturated rings. The fourth-order valence-electron chi connectivity index (χ4n) is 6.50. The van der Waals surface area contributed by atoms with E-state index < -0.39 is 11.1 Å². The molecule has 45 heavy (non-hydrogen) atoms. The Hall–Kier alpha value is -2.97. The van der Waals surface area contributed by atoms with Crippen LogP contribution in [0.5, 0.6) is 17.2 Å². The van der Waals surface area contributed by atoms with Crippen molar-refractivity contribution in [1.82, 2.24) is 10.2 Å². The predicted molar refractivity (Wildman–Crippen MR) is 180 cm³/mol. The second kappa shape index (κ2) is 13.8. The summed E-state index contributed by atoms with van der Waals surface area (Å²) < 4.78 is 23.7. The second-order valence-corrected chi connectivity index (χ2v) is 14.0. The van der Waals surface area contributed by atoms with Gasteiger partial charge in [0.2, 0.25) is 0 Å². The van der Waals surface area contributed by atoms with E-state index in [1.807, 2.05) is 57.2 Å². The topological polar surface area (TPSA) is 69.3 Å². The molecule has 2 saturated heterocycles. The Bertz CT molecular complexity index is 1540. The fraction of sp³-hybridized carbons (Fsp3) is 0.472. The lowest BCUT2D eigenvalue weighted by atomic mass is 9.91. The van der Waals surface area contributed by atoms with E-state index in [0.29, 0.717) is 59.4 Å². The van der Waals surface area contributed by atoms with Crippen molar-refractivity contribution in [2.24, 2.45) is 5.92 Å². The Morgan fingerprint density at radius 2 is 1.76 bits per heavy atom. The van der Waals surface area contributed by atoms with Crippen molar-refractivity contribution in [1.29, 1.82) is 0 Å². The second-order valence-electron chi connectivity index (χ2n) is 13.2. The molecule has 7 nitrogen and oxygen atoms in total. The van der Waals surface area contributed by atoms with Crippen molar-refractivity contribution in [2.45, 2.75) is 71.2 Å². The zero-order valence-corrected chi connectivity index (χ0v) is 28.6. The summed E-state index contributed by atoms with van der Waals surface area (Å²) in [5.41, 5.74) is 3.54. The quantitative estimate of drug-likeness (QED) is 0.211. The number of cyclic esters (lactones) is 1. The number of benzene rings is 3. The molecule has 5 rings (SSSR count). The van der Waals surface area contributed by atoms with E-state index in [1.165, 1.54) is 12.8 Å². The molecule has 242 valence electrons. The van der Waals surface area contributed by atoms with Gasteiger partial charge in [0.25, 0.3) is 0 Å². The number of hydrogen-bond donors (Lipinski definition) is 1. The summed E-state index contributed by atoms with van der Waals surface area (Å²) in [6, 6.07) is 15.7. The Balaban J connectivity index is 1.28. The van der Waals surface area contributed by atoms with Crippen molar-refractivity contribution in [2.75, 3.05) is 33.9 Å². The van der Waals surface area contributed by atoms with Crippen LogP contribution in [0.1, 0.15) is 56.7 Å². The molecule has 0 spiro atoms. The molecule has 0 amide bonds. The molecule has 0 radical (unpaired) electrons. The van der Waals surface area contributed by atoms with Gasteiger partial charge in [-0.05, 0) is 83.0 Å². The molecule has 0 aliphatic carbocycles. The van der Waals surface area contributed by atoms with E-state index >= 15 is 0 Å². The van der Waals surface area contributed by atoms with Crippen molar-refractivity contribution in [3.63, 3.8) is 0 Å². The first-order valence-corrected chi connectivity index (χ1v) is 16.3. The molecule has 2 heterocycles. The third-order valence-electron chi connectivity index (χ3n) is 8.88. The van der Waals surface area contributed by atoms with Gasteiger partial charge in [-0.2, -0.15) is 0 Å². The van der Waals surface area contributed by atoms with Gasteiger partial charge < -0.3 is 23.8 Å². The van der Waals surface area contributed by atoms with Crippen LogP contribution >= 0.6 is 23.2 Å². The highest BCUT2D eigenvalue weighted by atomic mass is 35.5. The molecular formula is C36H44Cl2N2O5. The SMILES string of the molecule is COc1cc(OCc2cccc(-c3cccc(OCC4CCCN(C)C4)c3Cl)c2C)c(Cl)cc1CNC1(C)CC(C)(C)OC1=O. The number of nitrogens with one attached hydrogen (secondary N) is 1. The standard InChI is InChI=1S/C36H44Cl2N2O5/c1-23-25(11-7-12-27(23)28-13-8-14-30(33(28)38)43-20-24-10-9-15-40(5)19-24)21-44-32-17-31(42-6)26(16-29(32)37)18-39-36(4)22-35(2,3)45-34(36)41/h7-8,11-14,16-17,24,39H,9-10,15,18-22H2,1-6H3. The molecule has 0 aromatic heterocycles. The number of hydrogen-bond acceptors (Lipinski definition) is 7. The van der Waals surface area contributed by atoms with Crippen LogP contribution in [0.2, 0.25) is 10.0 Å². The average molecular weight is 656 g/mol. The van der Waals surface area contributed by atoms with Gasteiger partial charge in [-0.25, -0.2) is 0 Å². The first-order chi connectivity index (χ1) is 21.4. The van der Waals surface area contributed by atoms with Crippen LogP contribution in [-0.2, 0) is 22.7 Å². The Kier molecular flexibility index (Phi) is 10.2. The van der Waals surface area contributed by atoms with E-state index in [9.17, 15) is 4.79 Å². The number of nitrogens with zero attached hydrogens (tertiary/aromatic N) is 1. The van der Waals surface area contributed by atoms with Crippen LogP contribution in [0.15, 0.2) is 48.5 Å². The average Bonchev–Trinajstić information content (AvgIpc) is 3.21. The summed E-state index contributed by atoms with van der Waals surface area (Å²) in [5, 5.41) is 4.42. The van der Waals surface area contributed by atoms with Crippen LogP contribution in [0.4, 0.5) is 0 Å². The van der Waals surface area contributed by atoms with Crippen LogP contribution in [0, 0.1) is 12.8 Å². The maximum absolute atomic E-state index is 12.5. The number of halogens is 2. The summed E-state index contributed by atoms with van der Waals surface area (Å²) in [7, 11) is 3.77. The summed E-state index contributed by atoms with van der Waals surface area (Å²) in [4.78, 5) is 14.9. The van der Waals surface area contributed by atoms with Crippen LogP contribution < -0.4 is 19.5 Å². The minimum atomic E-state index is -0.792. The number of carbonyl (C=O) groups excluding carboxylic acids is 1. The third kappa shape index (κ3) is 7.71. The van der Waals surface area contributed by atoms with Gasteiger partial charge in [0.05, 0.1) is 23.8 Å².